The van der Waals surface area contributed by atoms with E-state index in [1.165, 1.54) is 11.0 Å². The van der Waals surface area contributed by atoms with Gasteiger partial charge in [-0.25, -0.2) is 8.78 Å². The molecule has 0 saturated carbocycles. The van der Waals surface area contributed by atoms with Gasteiger partial charge in [-0.15, -0.1) is 0 Å². The van der Waals surface area contributed by atoms with Crippen LogP contribution in [-0.2, 0) is 4.79 Å². The molecule has 0 aromatic heterocycles. The maximum atomic E-state index is 14.4. The SMILES string of the molecule is Cc1cc(OC[C@@]2(CC(=O)N3CCCCC3)CCCN(C(=O)c3c(F)cccc3F)C2)ccc1Cl. The number of carbonyl (C=O) groups excluding carboxylic acids is 2. The first-order valence-electron chi connectivity index (χ1n) is 12.2. The molecule has 2 aromatic carbocycles. The lowest BCUT2D eigenvalue weighted by molar-refractivity contribution is -0.136. The van der Waals surface area contributed by atoms with Crippen LogP contribution in [0.3, 0.4) is 0 Å². The number of benzene rings is 2. The van der Waals surface area contributed by atoms with E-state index in [2.05, 4.69) is 0 Å². The first-order chi connectivity index (χ1) is 16.8. The Kier molecular flexibility index (Phi) is 7.95. The molecule has 0 radical (unpaired) electrons. The van der Waals surface area contributed by atoms with Gasteiger partial charge in [-0.1, -0.05) is 17.7 Å². The average molecular weight is 505 g/mol. The number of amides is 2. The minimum absolute atomic E-state index is 0.0342. The van der Waals surface area contributed by atoms with Gasteiger partial charge in [0.05, 0.1) is 6.61 Å². The fourth-order valence-corrected chi connectivity index (χ4v) is 5.19. The fourth-order valence-electron chi connectivity index (χ4n) is 5.07. The summed E-state index contributed by atoms with van der Waals surface area (Å²) < 4.78 is 34.9. The molecule has 0 spiro atoms. The Labute approximate surface area is 210 Å². The largest absolute Gasteiger partial charge is 0.493 e. The Morgan fingerprint density at radius 3 is 2.37 bits per heavy atom. The Morgan fingerprint density at radius 2 is 1.69 bits per heavy atom. The van der Waals surface area contributed by atoms with E-state index in [1.54, 1.807) is 12.1 Å². The van der Waals surface area contributed by atoms with Crippen LogP contribution >= 0.6 is 11.6 Å². The van der Waals surface area contributed by atoms with E-state index in [0.29, 0.717) is 30.2 Å². The summed E-state index contributed by atoms with van der Waals surface area (Å²) in [7, 11) is 0. The topological polar surface area (TPSA) is 49.9 Å². The van der Waals surface area contributed by atoms with Gasteiger partial charge in [0.15, 0.2) is 0 Å². The second-order valence-corrected chi connectivity index (χ2v) is 10.2. The highest BCUT2D eigenvalue weighted by Gasteiger charge is 2.42. The summed E-state index contributed by atoms with van der Waals surface area (Å²) in [5.41, 5.74) is -0.351. The monoisotopic (exact) mass is 504 g/mol. The summed E-state index contributed by atoms with van der Waals surface area (Å²) in [5.74, 6) is -1.81. The molecule has 8 heteroatoms. The van der Waals surface area contributed by atoms with Crippen LogP contribution < -0.4 is 4.74 Å². The molecule has 0 aliphatic carbocycles. The quantitative estimate of drug-likeness (QED) is 0.512. The van der Waals surface area contributed by atoms with E-state index in [4.69, 9.17) is 16.3 Å². The minimum atomic E-state index is -0.886. The summed E-state index contributed by atoms with van der Waals surface area (Å²) in [6, 6.07) is 8.77. The van der Waals surface area contributed by atoms with E-state index < -0.39 is 28.5 Å². The van der Waals surface area contributed by atoms with Gasteiger partial charge in [0.25, 0.3) is 5.91 Å². The molecule has 1 atom stereocenters. The maximum Gasteiger partial charge on any atom is 0.259 e. The van der Waals surface area contributed by atoms with Crippen molar-refractivity contribution in [2.75, 3.05) is 32.8 Å². The Balaban J connectivity index is 1.57. The van der Waals surface area contributed by atoms with Crippen LogP contribution in [0.1, 0.15) is 54.4 Å². The first kappa shape index (κ1) is 25.4. The van der Waals surface area contributed by atoms with Crippen molar-refractivity contribution >= 4 is 23.4 Å². The predicted octanol–water partition coefficient (Wildman–Crippen LogP) is 5.63. The van der Waals surface area contributed by atoms with Gasteiger partial charge in [-0.3, -0.25) is 9.59 Å². The van der Waals surface area contributed by atoms with Gasteiger partial charge >= 0.3 is 0 Å². The van der Waals surface area contributed by atoms with Crippen molar-refractivity contribution < 1.29 is 23.1 Å². The Hall–Kier alpha value is -2.67. The van der Waals surface area contributed by atoms with Gasteiger partial charge in [0, 0.05) is 43.0 Å². The second kappa shape index (κ2) is 10.9. The minimum Gasteiger partial charge on any atom is -0.493 e. The van der Waals surface area contributed by atoms with Crippen molar-refractivity contribution in [2.24, 2.45) is 5.41 Å². The number of ether oxygens (including phenoxy) is 1. The zero-order chi connectivity index (χ0) is 25.0. The number of likely N-dealkylation sites (tertiary alicyclic amines) is 2. The molecule has 188 valence electrons. The zero-order valence-electron chi connectivity index (χ0n) is 20.0. The van der Waals surface area contributed by atoms with Crippen molar-refractivity contribution in [3.8, 4) is 5.75 Å². The number of halogens is 3. The van der Waals surface area contributed by atoms with Crippen LogP contribution in [0.5, 0.6) is 5.75 Å². The predicted molar refractivity (Wildman–Crippen MR) is 131 cm³/mol. The summed E-state index contributed by atoms with van der Waals surface area (Å²) in [4.78, 5) is 29.8. The van der Waals surface area contributed by atoms with Gasteiger partial charge in [0.2, 0.25) is 5.91 Å². The molecule has 2 saturated heterocycles. The van der Waals surface area contributed by atoms with E-state index in [1.807, 2.05) is 17.9 Å². The average Bonchev–Trinajstić information content (AvgIpc) is 2.85. The molecule has 5 nitrogen and oxygen atoms in total. The fraction of sp³-hybridized carbons (Fsp3) is 0.481. The molecule has 2 aliphatic heterocycles. The third-order valence-electron chi connectivity index (χ3n) is 7.03. The number of piperidine rings is 2. The van der Waals surface area contributed by atoms with Crippen molar-refractivity contribution in [3.63, 3.8) is 0 Å². The molecule has 2 aliphatic rings. The number of hydrogen-bond donors (Lipinski definition) is 0. The van der Waals surface area contributed by atoms with Crippen LogP contribution in [0.25, 0.3) is 0 Å². The van der Waals surface area contributed by atoms with Gasteiger partial charge in [-0.2, -0.15) is 0 Å². The number of rotatable bonds is 6. The molecule has 0 bridgehead atoms. The van der Waals surface area contributed by atoms with E-state index in [-0.39, 0.29) is 25.5 Å². The molecular formula is C27H31ClF2N2O3. The summed E-state index contributed by atoms with van der Waals surface area (Å²) in [6.45, 7) is 4.11. The lowest BCUT2D eigenvalue weighted by atomic mass is 9.77. The molecule has 2 amide bonds. The molecule has 4 rings (SSSR count). The Morgan fingerprint density at radius 1 is 1.00 bits per heavy atom. The summed E-state index contributed by atoms with van der Waals surface area (Å²) in [5, 5.41) is 0.633. The molecule has 2 fully saturated rings. The van der Waals surface area contributed by atoms with E-state index in [9.17, 15) is 18.4 Å². The number of aryl methyl sites for hydroxylation is 1. The van der Waals surface area contributed by atoms with Crippen LogP contribution in [0, 0.1) is 24.0 Å². The third kappa shape index (κ3) is 5.95. The van der Waals surface area contributed by atoms with Crippen molar-refractivity contribution in [2.45, 2.75) is 45.4 Å². The number of carbonyl (C=O) groups is 2. The van der Waals surface area contributed by atoms with Gasteiger partial charge in [0.1, 0.15) is 22.9 Å². The molecule has 0 unspecified atom stereocenters. The normalized spacial score (nSPS) is 20.6. The second-order valence-electron chi connectivity index (χ2n) is 9.74. The summed E-state index contributed by atoms with van der Waals surface area (Å²) in [6.07, 6.45) is 4.57. The van der Waals surface area contributed by atoms with E-state index >= 15 is 0 Å². The van der Waals surface area contributed by atoms with Crippen molar-refractivity contribution in [1.29, 1.82) is 0 Å². The van der Waals surface area contributed by atoms with E-state index in [0.717, 1.165) is 50.0 Å². The standard InChI is InChI=1S/C27H31ClF2N2O3/c1-19-15-20(9-10-21(19)28)35-18-27(16-24(33)31-12-3-2-4-13-31)11-6-14-32(17-27)26(34)25-22(29)7-5-8-23(25)30/h5,7-10,15H,2-4,6,11-14,16-18H2,1H3/t27-/m1/s1. The lowest BCUT2D eigenvalue weighted by Gasteiger charge is -2.43. The highest BCUT2D eigenvalue weighted by Crippen LogP contribution is 2.37. The first-order valence-corrected chi connectivity index (χ1v) is 12.6. The van der Waals surface area contributed by atoms with Gasteiger partial charge < -0.3 is 14.5 Å². The number of hydrogen-bond acceptors (Lipinski definition) is 3. The van der Waals surface area contributed by atoms with Crippen LogP contribution in [-0.4, -0.2) is 54.4 Å². The zero-order valence-corrected chi connectivity index (χ0v) is 20.8. The molecule has 35 heavy (non-hydrogen) atoms. The van der Waals surface area contributed by atoms with Crippen molar-refractivity contribution in [1.82, 2.24) is 9.80 Å². The van der Waals surface area contributed by atoms with Crippen LogP contribution in [0.2, 0.25) is 5.02 Å². The lowest BCUT2D eigenvalue weighted by Crippen LogP contribution is -2.51. The highest BCUT2D eigenvalue weighted by molar-refractivity contribution is 6.31. The molecule has 0 N–H and O–H groups in total. The third-order valence-corrected chi connectivity index (χ3v) is 7.46. The smallest absolute Gasteiger partial charge is 0.259 e. The molecule has 2 aromatic rings. The van der Waals surface area contributed by atoms with Crippen molar-refractivity contribution in [3.05, 3.63) is 64.2 Å². The van der Waals surface area contributed by atoms with Crippen LogP contribution in [0.15, 0.2) is 36.4 Å². The Bertz CT molecular complexity index is 1070. The van der Waals surface area contributed by atoms with Gasteiger partial charge in [-0.05, 0) is 74.9 Å². The summed E-state index contributed by atoms with van der Waals surface area (Å²) >= 11 is 6.14. The number of nitrogens with zero attached hydrogens (tertiary/aromatic N) is 2. The maximum absolute atomic E-state index is 14.4. The molecule has 2 heterocycles. The highest BCUT2D eigenvalue weighted by atomic mass is 35.5. The molecular weight excluding hydrogens is 474 g/mol. The van der Waals surface area contributed by atoms with Crippen LogP contribution in [0.4, 0.5) is 8.78 Å².